The molecule has 5 rings (SSSR count). The topological polar surface area (TPSA) is 57.3 Å². The smallest absolute Gasteiger partial charge is 0.143 e. The van der Waals surface area contributed by atoms with Crippen molar-refractivity contribution < 1.29 is 4.74 Å². The van der Waals surface area contributed by atoms with Crippen LogP contribution in [0.3, 0.4) is 0 Å². The lowest BCUT2D eigenvalue weighted by molar-refractivity contribution is 0.0134. The molecular formula is C18H25N5O. The van der Waals surface area contributed by atoms with Crippen molar-refractivity contribution in [3.8, 4) is 0 Å². The maximum absolute atomic E-state index is 5.52. The number of ether oxygens (including phenoxy) is 1. The van der Waals surface area contributed by atoms with E-state index in [1.54, 1.807) is 0 Å². The lowest BCUT2D eigenvalue weighted by Gasteiger charge is -2.34. The average molecular weight is 327 g/mol. The summed E-state index contributed by atoms with van der Waals surface area (Å²) in [5.41, 5.74) is 0.990. The molecule has 1 aliphatic carbocycles. The highest BCUT2D eigenvalue weighted by molar-refractivity contribution is 5.87. The molecule has 0 amide bonds. The first kappa shape index (κ1) is 14.7. The number of aromatic amines is 1. The zero-order chi connectivity index (χ0) is 16.1. The summed E-state index contributed by atoms with van der Waals surface area (Å²) in [7, 11) is 0. The molecule has 128 valence electrons. The number of anilines is 1. The Morgan fingerprint density at radius 2 is 2.00 bits per heavy atom. The van der Waals surface area contributed by atoms with Gasteiger partial charge in [0.15, 0.2) is 0 Å². The van der Waals surface area contributed by atoms with Crippen LogP contribution in [-0.2, 0) is 4.74 Å². The molecule has 2 unspecified atom stereocenters. The number of nitrogens with zero attached hydrogens (tertiary/aromatic N) is 4. The predicted molar refractivity (Wildman–Crippen MR) is 93.4 cm³/mol. The molecule has 4 heterocycles. The minimum absolute atomic E-state index is 0.575. The minimum Gasteiger partial charge on any atom is -0.379 e. The van der Waals surface area contributed by atoms with Gasteiger partial charge < -0.3 is 14.6 Å². The fourth-order valence-electron chi connectivity index (χ4n) is 4.21. The Morgan fingerprint density at radius 1 is 1.17 bits per heavy atom. The third kappa shape index (κ3) is 2.48. The van der Waals surface area contributed by atoms with Crippen LogP contribution >= 0.6 is 0 Å². The van der Waals surface area contributed by atoms with Crippen LogP contribution in [0.25, 0.3) is 11.0 Å². The highest BCUT2D eigenvalue weighted by Crippen LogP contribution is 2.40. The summed E-state index contributed by atoms with van der Waals surface area (Å²) in [6.07, 6.45) is 4.45. The Hall–Kier alpha value is -1.66. The maximum Gasteiger partial charge on any atom is 0.143 e. The van der Waals surface area contributed by atoms with Crippen molar-refractivity contribution in [3.63, 3.8) is 0 Å². The number of H-pyrrole nitrogens is 1. The number of hydrogen-bond donors (Lipinski definition) is 1. The molecule has 0 bridgehead atoms. The van der Waals surface area contributed by atoms with Crippen LogP contribution in [0.15, 0.2) is 12.3 Å². The van der Waals surface area contributed by atoms with E-state index in [-0.39, 0.29) is 0 Å². The van der Waals surface area contributed by atoms with Gasteiger partial charge in [0.1, 0.15) is 17.3 Å². The molecule has 2 aliphatic heterocycles. The molecule has 2 aromatic rings. The lowest BCUT2D eigenvalue weighted by Crippen LogP contribution is -2.46. The van der Waals surface area contributed by atoms with Gasteiger partial charge in [-0.1, -0.05) is 6.92 Å². The fraction of sp³-hybridized carbons (Fsp3) is 0.667. The van der Waals surface area contributed by atoms with Crippen LogP contribution in [0.1, 0.15) is 31.5 Å². The Kier molecular flexibility index (Phi) is 3.49. The Labute approximate surface area is 142 Å². The van der Waals surface area contributed by atoms with Gasteiger partial charge in [-0.25, -0.2) is 9.97 Å². The van der Waals surface area contributed by atoms with Crippen molar-refractivity contribution in [2.75, 3.05) is 44.3 Å². The van der Waals surface area contributed by atoms with Crippen molar-refractivity contribution in [3.05, 3.63) is 18.1 Å². The molecule has 0 spiro atoms. The SMILES string of the molecule is CC1CN(c2nc(C3CC3)nc3[nH]ccc23)CC1N1CCOCC1. The van der Waals surface area contributed by atoms with E-state index < -0.39 is 0 Å². The van der Waals surface area contributed by atoms with Crippen molar-refractivity contribution in [1.82, 2.24) is 19.9 Å². The van der Waals surface area contributed by atoms with E-state index in [9.17, 15) is 0 Å². The van der Waals surface area contributed by atoms with Gasteiger partial charge in [-0.15, -0.1) is 0 Å². The standard InChI is InChI=1S/C18H25N5O/c1-12-10-23(11-15(12)22-6-8-24-9-7-22)18-14-4-5-19-17(14)20-16(21-18)13-2-3-13/h4-5,12-13,15H,2-3,6-11H2,1H3,(H,19,20,21). The van der Waals surface area contributed by atoms with E-state index in [0.29, 0.717) is 17.9 Å². The van der Waals surface area contributed by atoms with Gasteiger partial charge >= 0.3 is 0 Å². The molecule has 0 radical (unpaired) electrons. The van der Waals surface area contributed by atoms with Crippen LogP contribution in [0.5, 0.6) is 0 Å². The highest BCUT2D eigenvalue weighted by atomic mass is 16.5. The first-order valence-electron chi connectivity index (χ1n) is 9.21. The normalized spacial score (nSPS) is 28.8. The molecule has 24 heavy (non-hydrogen) atoms. The minimum atomic E-state index is 0.575. The Bertz CT molecular complexity index is 734. The largest absolute Gasteiger partial charge is 0.379 e. The maximum atomic E-state index is 5.52. The van der Waals surface area contributed by atoms with Gasteiger partial charge in [0, 0.05) is 44.3 Å². The Morgan fingerprint density at radius 3 is 2.79 bits per heavy atom. The van der Waals surface area contributed by atoms with Crippen LogP contribution < -0.4 is 4.90 Å². The van der Waals surface area contributed by atoms with E-state index in [1.165, 1.54) is 12.8 Å². The zero-order valence-electron chi connectivity index (χ0n) is 14.2. The third-order valence-electron chi connectivity index (χ3n) is 5.74. The summed E-state index contributed by atoms with van der Waals surface area (Å²) in [5, 5.41) is 1.16. The number of hydrogen-bond acceptors (Lipinski definition) is 5. The highest BCUT2D eigenvalue weighted by Gasteiger charge is 2.36. The second-order valence-electron chi connectivity index (χ2n) is 7.52. The monoisotopic (exact) mass is 327 g/mol. The van der Waals surface area contributed by atoms with Crippen LogP contribution in [0, 0.1) is 5.92 Å². The zero-order valence-corrected chi connectivity index (χ0v) is 14.2. The predicted octanol–water partition coefficient (Wildman–Crippen LogP) is 1.99. The van der Waals surface area contributed by atoms with Crippen LogP contribution in [0.2, 0.25) is 0 Å². The summed E-state index contributed by atoms with van der Waals surface area (Å²) in [6.45, 7) is 8.34. The van der Waals surface area contributed by atoms with Gasteiger partial charge in [-0.05, 0) is 24.8 Å². The van der Waals surface area contributed by atoms with Crippen molar-refractivity contribution in [1.29, 1.82) is 0 Å². The number of fused-ring (bicyclic) bond motifs is 1. The van der Waals surface area contributed by atoms with E-state index in [4.69, 9.17) is 14.7 Å². The van der Waals surface area contributed by atoms with E-state index in [2.05, 4.69) is 27.8 Å². The second kappa shape index (κ2) is 5.70. The summed E-state index contributed by atoms with van der Waals surface area (Å²) in [6, 6.07) is 2.72. The van der Waals surface area contributed by atoms with Gasteiger partial charge in [0.25, 0.3) is 0 Å². The van der Waals surface area contributed by atoms with Gasteiger partial charge in [0.2, 0.25) is 0 Å². The quantitative estimate of drug-likeness (QED) is 0.934. The second-order valence-corrected chi connectivity index (χ2v) is 7.52. The lowest BCUT2D eigenvalue weighted by atomic mass is 10.0. The molecule has 3 aliphatic rings. The number of nitrogens with one attached hydrogen (secondary N) is 1. The first-order valence-corrected chi connectivity index (χ1v) is 9.21. The number of morpholine rings is 1. The molecule has 3 fully saturated rings. The van der Waals surface area contributed by atoms with E-state index in [0.717, 1.165) is 62.1 Å². The van der Waals surface area contributed by atoms with Crippen LogP contribution in [0.4, 0.5) is 5.82 Å². The summed E-state index contributed by atoms with van der Waals surface area (Å²) in [5.74, 6) is 3.39. The number of aromatic nitrogens is 3. The van der Waals surface area contributed by atoms with Gasteiger partial charge in [0.05, 0.1) is 18.6 Å². The van der Waals surface area contributed by atoms with E-state index in [1.807, 2.05) is 6.20 Å². The van der Waals surface area contributed by atoms with Crippen LogP contribution in [-0.4, -0.2) is 65.3 Å². The molecule has 6 nitrogen and oxygen atoms in total. The average Bonchev–Trinajstić information content (AvgIpc) is 3.23. The molecule has 2 aromatic heterocycles. The fourth-order valence-corrected chi connectivity index (χ4v) is 4.21. The molecule has 0 aromatic carbocycles. The summed E-state index contributed by atoms with van der Waals surface area (Å²) < 4.78 is 5.52. The molecule has 6 heteroatoms. The van der Waals surface area contributed by atoms with Gasteiger partial charge in [-0.3, -0.25) is 4.90 Å². The first-order chi connectivity index (χ1) is 11.8. The van der Waals surface area contributed by atoms with Gasteiger partial charge in [-0.2, -0.15) is 0 Å². The van der Waals surface area contributed by atoms with Crippen molar-refractivity contribution in [2.24, 2.45) is 5.92 Å². The third-order valence-corrected chi connectivity index (χ3v) is 5.74. The molecule has 2 saturated heterocycles. The van der Waals surface area contributed by atoms with E-state index >= 15 is 0 Å². The molecule has 2 atom stereocenters. The number of rotatable bonds is 3. The van der Waals surface area contributed by atoms with Crippen molar-refractivity contribution in [2.45, 2.75) is 31.7 Å². The molecular weight excluding hydrogens is 302 g/mol. The Balaban J connectivity index is 1.45. The molecule has 1 N–H and O–H groups in total. The molecule has 1 saturated carbocycles. The summed E-state index contributed by atoms with van der Waals surface area (Å²) in [4.78, 5) is 18.1. The van der Waals surface area contributed by atoms with Crippen molar-refractivity contribution >= 4 is 16.9 Å². The summed E-state index contributed by atoms with van der Waals surface area (Å²) >= 11 is 0.